The molecule has 314 valence electrons. The van der Waals surface area contributed by atoms with Crippen molar-refractivity contribution < 1.29 is 80.1 Å². The van der Waals surface area contributed by atoms with Crippen LogP contribution >= 0.6 is 0 Å². The minimum atomic E-state index is -1.91. The molecule has 0 spiro atoms. The molecule has 0 bridgehead atoms. The molecule has 0 aliphatic rings. The summed E-state index contributed by atoms with van der Waals surface area (Å²) in [7, 11) is -2.78. The van der Waals surface area contributed by atoms with E-state index in [-0.39, 0.29) is 95.4 Å². The summed E-state index contributed by atoms with van der Waals surface area (Å²) in [6, 6.07) is 0. The van der Waals surface area contributed by atoms with E-state index in [2.05, 4.69) is 121 Å². The van der Waals surface area contributed by atoms with Crippen molar-refractivity contribution in [2.75, 3.05) is 7.11 Å². The number of Topliss-reactive ketones (excluding diaryl/α,β-unsaturated/α-hetero) is 1. The first-order valence-corrected chi connectivity index (χ1v) is 23.8. The molecule has 9 nitrogen and oxygen atoms in total. The molecule has 0 amide bonds. The second-order valence-electron chi connectivity index (χ2n) is 16.5. The zero-order valence-electron chi connectivity index (χ0n) is 37.8. The molecule has 13 heteroatoms. The first-order chi connectivity index (χ1) is 23.5. The minimum absolute atomic E-state index is 0. The Morgan fingerprint density at radius 2 is 0.963 bits per heavy atom. The third kappa shape index (κ3) is 30.0. The van der Waals surface area contributed by atoms with Crippen molar-refractivity contribution in [3.05, 3.63) is 46.6 Å². The van der Waals surface area contributed by atoms with Gasteiger partial charge in [0.25, 0.3) is 0 Å². The summed E-state index contributed by atoms with van der Waals surface area (Å²) >= 11 is 0. The van der Waals surface area contributed by atoms with E-state index >= 15 is 0 Å². The molecule has 2 radical (unpaired) electrons. The second kappa shape index (κ2) is 33.9. The Bertz CT molecular complexity index is 1180. The minimum Gasteiger partial charge on any atom is -0.410 e. The third-order valence-corrected chi connectivity index (χ3v) is 18.7. The van der Waals surface area contributed by atoms with E-state index in [0.29, 0.717) is 12.8 Å². The number of rotatable bonds is 14. The number of allylic oxidation sites excluding steroid dienone is 5. The maximum absolute atomic E-state index is 12.5. The fourth-order valence-electron chi connectivity index (χ4n) is 3.95. The number of aliphatic hydroxyl groups excluding tert-OH is 2. The maximum atomic E-state index is 12.5. The van der Waals surface area contributed by atoms with Gasteiger partial charge in [0.05, 0.1) is 18.3 Å². The average Bonchev–Trinajstić information content (AvgIpc) is 3.03. The summed E-state index contributed by atoms with van der Waals surface area (Å²) < 4.78 is 13.2. The number of hydrogen-bond donors (Lipinski definition) is 2. The van der Waals surface area contributed by atoms with Crippen molar-refractivity contribution in [1.82, 2.24) is 0 Å². The number of ketones is 1. The summed E-state index contributed by atoms with van der Waals surface area (Å²) in [5.74, 6) is 0.230. The third-order valence-electron chi connectivity index (χ3n) is 9.79. The molecule has 0 saturated carbocycles. The van der Waals surface area contributed by atoms with Gasteiger partial charge in [-0.1, -0.05) is 90.8 Å². The molecular formula is C41H78O9Si2V2. The number of aliphatic hydroxyl groups is 2. The van der Waals surface area contributed by atoms with Crippen LogP contribution in [0.15, 0.2) is 46.6 Å². The van der Waals surface area contributed by atoms with Gasteiger partial charge >= 0.3 is 12.3 Å². The van der Waals surface area contributed by atoms with Crippen LogP contribution in [0.25, 0.3) is 0 Å². The van der Waals surface area contributed by atoms with Crippen LogP contribution in [0.3, 0.4) is 0 Å². The normalized spacial score (nSPS) is 14.3. The Hall–Kier alpha value is -1.17. The van der Waals surface area contributed by atoms with Crippen LogP contribution in [-0.4, -0.2) is 70.4 Å². The van der Waals surface area contributed by atoms with Gasteiger partial charge in [-0.05, 0) is 109 Å². The van der Waals surface area contributed by atoms with Crippen LogP contribution in [0.5, 0.6) is 0 Å². The van der Waals surface area contributed by atoms with Crippen LogP contribution in [0.4, 0.5) is 0 Å². The molecule has 54 heavy (non-hydrogen) atoms. The quantitative estimate of drug-likeness (QED) is 0.129. The van der Waals surface area contributed by atoms with Gasteiger partial charge < -0.3 is 19.1 Å². The topological polar surface area (TPSA) is 144 Å². The zero-order chi connectivity index (χ0) is 42.8. The molecule has 0 aliphatic heterocycles. The number of hydrogen-bond acceptors (Lipinski definition) is 9. The zero-order valence-corrected chi connectivity index (χ0v) is 42.6. The monoisotopic (exact) mass is 872 g/mol. The standard InChI is InChI=1S/C19H38O2Si.C19H36O2Si.2CO2.CH4O.2V/c2*1-11-15(4)18(21-22(9,10)19(6,7)8)16(5)17(20)13-12-14(2)3;2*2-1-3;1-2;;/h11-12,16-18,20H,13H2,1-10H3;11-12,16,18H,13H2,1-10H3;;;2H,1H3;;/b2*15-11+;;;;;/t16-,17+,18-;16-,18-;;;;;/m11...../s1. The smallest absolute Gasteiger partial charge is 0.373 e. The average molecular weight is 873 g/mol. The molecule has 0 aromatic carbocycles. The van der Waals surface area contributed by atoms with Crippen LogP contribution in [0.1, 0.15) is 124 Å². The predicted molar refractivity (Wildman–Crippen MR) is 219 cm³/mol. The van der Waals surface area contributed by atoms with E-state index in [0.717, 1.165) is 12.7 Å². The van der Waals surface area contributed by atoms with Crippen LogP contribution in [0, 0.1) is 11.8 Å². The molecular weight excluding hydrogens is 795 g/mol. The Balaban J connectivity index is -0.000000133. The first kappa shape index (κ1) is 67.6. The molecule has 0 saturated heterocycles. The fourth-order valence-corrected chi connectivity index (χ4v) is 6.72. The van der Waals surface area contributed by atoms with E-state index in [1.54, 1.807) is 0 Å². The van der Waals surface area contributed by atoms with E-state index < -0.39 is 16.6 Å². The van der Waals surface area contributed by atoms with Gasteiger partial charge in [-0.15, -0.1) is 0 Å². The van der Waals surface area contributed by atoms with Gasteiger partial charge in [0, 0.05) is 62.5 Å². The van der Waals surface area contributed by atoms with Crippen molar-refractivity contribution in [3.8, 4) is 0 Å². The Morgan fingerprint density at radius 1 is 0.667 bits per heavy atom. The van der Waals surface area contributed by atoms with Gasteiger partial charge in [-0.2, -0.15) is 19.2 Å². The Kier molecular flexibility index (Phi) is 42.5. The number of carbonyl (C=O) groups excluding carboxylic acids is 5. The molecule has 0 rings (SSSR count). The molecule has 5 atom stereocenters. The van der Waals surface area contributed by atoms with E-state index in [1.807, 2.05) is 40.7 Å². The number of carbonyl (C=O) groups is 1. The van der Waals surface area contributed by atoms with Gasteiger partial charge in [0.2, 0.25) is 0 Å². The van der Waals surface area contributed by atoms with Crippen molar-refractivity contribution in [2.24, 2.45) is 11.8 Å². The summed E-state index contributed by atoms with van der Waals surface area (Å²) in [5, 5.41) is 17.9. The van der Waals surface area contributed by atoms with Gasteiger partial charge in [0.15, 0.2) is 16.6 Å². The summed E-state index contributed by atoms with van der Waals surface area (Å²) in [6.07, 6.45) is 9.50. The van der Waals surface area contributed by atoms with Crippen LogP contribution in [-0.2, 0) is 69.9 Å². The van der Waals surface area contributed by atoms with Crippen LogP contribution in [0.2, 0.25) is 36.3 Å². The van der Waals surface area contributed by atoms with Crippen molar-refractivity contribution in [3.63, 3.8) is 0 Å². The molecule has 0 unspecified atom stereocenters. The van der Waals surface area contributed by atoms with Crippen molar-refractivity contribution in [2.45, 2.75) is 178 Å². The first-order valence-electron chi connectivity index (χ1n) is 18.0. The molecule has 0 aliphatic carbocycles. The Labute approximate surface area is 356 Å². The van der Waals surface area contributed by atoms with Crippen LogP contribution < -0.4 is 0 Å². The summed E-state index contributed by atoms with van der Waals surface area (Å²) in [5.41, 5.74) is 4.80. The van der Waals surface area contributed by atoms with Gasteiger partial charge in [0.1, 0.15) is 5.78 Å². The van der Waals surface area contributed by atoms with Gasteiger partial charge in [-0.25, -0.2) is 0 Å². The summed E-state index contributed by atoms with van der Waals surface area (Å²) in [4.78, 5) is 45.0. The predicted octanol–water partition coefficient (Wildman–Crippen LogP) is 10.0. The van der Waals surface area contributed by atoms with E-state index in [9.17, 15) is 9.90 Å². The molecule has 0 fully saturated rings. The summed E-state index contributed by atoms with van der Waals surface area (Å²) in [6.45, 7) is 43.1. The molecule has 0 heterocycles. The maximum Gasteiger partial charge on any atom is 0.373 e. The van der Waals surface area contributed by atoms with Gasteiger partial charge in [-0.3, -0.25) is 4.79 Å². The van der Waals surface area contributed by atoms with E-state index in [4.69, 9.17) is 33.1 Å². The van der Waals surface area contributed by atoms with Crippen molar-refractivity contribution in [1.29, 1.82) is 0 Å². The fraction of sp³-hybridized carbons (Fsp3) is 0.732. The molecule has 0 aromatic heterocycles. The largest absolute Gasteiger partial charge is 0.410 e. The van der Waals surface area contributed by atoms with Crippen molar-refractivity contribution >= 4 is 34.7 Å². The van der Waals surface area contributed by atoms with E-state index in [1.165, 1.54) is 16.7 Å². The SMILES string of the molecule is C/C=C(\C)[C@@H](O[Si](C)(C)C(C)(C)C)[C@H](C)C(=O)CC=C(C)C.C/C=C(\C)[C@@H](O[Si](C)(C)C(C)(C)C)[C@H](C)[C@@H](O)CC=C(C)C.CO.O=C=O.O=C=O.[V].[V]. The second-order valence-corrected chi connectivity index (χ2v) is 26.0. The Morgan fingerprint density at radius 3 is 1.24 bits per heavy atom. The molecule has 0 aromatic rings. The molecule has 2 N–H and O–H groups in total.